The van der Waals surface area contributed by atoms with E-state index in [1.54, 1.807) is 18.2 Å². The fourth-order valence-corrected chi connectivity index (χ4v) is 3.31. The summed E-state index contributed by atoms with van der Waals surface area (Å²) in [6, 6.07) is 1.67. The first-order chi connectivity index (χ1) is 12.3. The molecule has 5 nitrogen and oxygen atoms in total. The van der Waals surface area contributed by atoms with Gasteiger partial charge in [0.25, 0.3) is 0 Å². The van der Waals surface area contributed by atoms with Crippen molar-refractivity contribution in [3.05, 3.63) is 71.3 Å². The minimum Gasteiger partial charge on any atom is -0.465 e. The number of carbonyl (C=O) groups excluding carboxylic acids is 2. The molecule has 0 saturated heterocycles. The zero-order chi connectivity index (χ0) is 19.0. The van der Waals surface area contributed by atoms with Crippen LogP contribution in [0.4, 0.5) is 0 Å². The van der Waals surface area contributed by atoms with Crippen molar-refractivity contribution >= 4 is 11.9 Å². The van der Waals surface area contributed by atoms with Crippen LogP contribution in [0.25, 0.3) is 0 Å². The van der Waals surface area contributed by atoms with Crippen molar-refractivity contribution in [2.45, 2.75) is 32.3 Å². The van der Waals surface area contributed by atoms with E-state index in [0.29, 0.717) is 29.1 Å². The number of ether oxygens (including phenoxy) is 2. The minimum atomic E-state index is -0.523. The molecule has 136 valence electrons. The van der Waals surface area contributed by atoms with Crippen LogP contribution in [0, 0.1) is 5.92 Å². The maximum atomic E-state index is 12.2. The molecule has 0 N–H and O–H groups in total. The van der Waals surface area contributed by atoms with Gasteiger partial charge in [0.15, 0.2) is 0 Å². The molecule has 2 aliphatic rings. The van der Waals surface area contributed by atoms with Crippen LogP contribution in [-0.4, -0.2) is 25.2 Å². The molecule has 0 aromatic carbocycles. The first-order valence-corrected chi connectivity index (χ1v) is 8.44. The monoisotopic (exact) mass is 354 g/mol. The highest BCUT2D eigenvalue weighted by molar-refractivity contribution is 5.94. The van der Waals surface area contributed by atoms with Crippen LogP contribution >= 0.6 is 0 Å². The second-order valence-corrected chi connectivity index (χ2v) is 6.81. The highest BCUT2D eigenvalue weighted by atomic mass is 16.5. The Morgan fingerprint density at radius 3 is 2.62 bits per heavy atom. The first kappa shape index (κ1) is 18.0. The Bertz CT molecular complexity index is 852. The standard InChI is InChI=1S/C21H22O5/c1-11(2)13-6-7-14-9-17(26-20(14)22)19(12(3)4)18-10-15(21(23)24-5)16(8-13)25-18/h6-7,9-10,13,17,19H,1,3,8H2,2,4-5H3. The lowest BCUT2D eigenvalue weighted by atomic mass is 9.90. The molecule has 0 radical (unpaired) electrons. The zero-order valence-electron chi connectivity index (χ0n) is 15.2. The molecule has 0 saturated carbocycles. The fourth-order valence-electron chi connectivity index (χ4n) is 3.31. The molecule has 26 heavy (non-hydrogen) atoms. The number of furan rings is 1. The molecule has 4 bridgehead atoms. The van der Waals surface area contributed by atoms with Crippen LogP contribution in [0.3, 0.4) is 0 Å². The molecule has 2 aliphatic heterocycles. The molecule has 5 heteroatoms. The number of fused-ring (bicyclic) bond motifs is 3. The predicted octanol–water partition coefficient (Wildman–Crippen LogP) is 3.88. The zero-order valence-corrected chi connectivity index (χ0v) is 15.2. The summed E-state index contributed by atoms with van der Waals surface area (Å²) in [5.74, 6) is -0.236. The lowest BCUT2D eigenvalue weighted by Crippen LogP contribution is -2.19. The molecule has 0 amide bonds. The van der Waals surface area contributed by atoms with Crippen LogP contribution < -0.4 is 0 Å². The molecule has 0 aliphatic carbocycles. The molecule has 3 heterocycles. The van der Waals surface area contributed by atoms with E-state index in [9.17, 15) is 9.59 Å². The summed E-state index contributed by atoms with van der Waals surface area (Å²) in [6.45, 7) is 11.8. The molecule has 3 unspecified atom stereocenters. The van der Waals surface area contributed by atoms with Crippen molar-refractivity contribution in [3.63, 3.8) is 0 Å². The minimum absolute atomic E-state index is 0.0912. The van der Waals surface area contributed by atoms with Crippen LogP contribution in [0.1, 0.15) is 41.6 Å². The number of hydrogen-bond donors (Lipinski definition) is 0. The van der Waals surface area contributed by atoms with E-state index in [0.717, 1.165) is 11.1 Å². The number of esters is 2. The number of methoxy groups -OCH3 is 1. The quantitative estimate of drug-likeness (QED) is 0.609. The Balaban J connectivity index is 2.18. The molecule has 1 aromatic heterocycles. The van der Waals surface area contributed by atoms with Gasteiger partial charge in [0.2, 0.25) is 0 Å². The van der Waals surface area contributed by atoms with Crippen molar-refractivity contribution in [1.82, 2.24) is 0 Å². The van der Waals surface area contributed by atoms with Gasteiger partial charge in [-0.05, 0) is 26.0 Å². The highest BCUT2D eigenvalue weighted by Gasteiger charge is 2.36. The van der Waals surface area contributed by atoms with E-state index in [1.807, 2.05) is 19.9 Å². The van der Waals surface area contributed by atoms with E-state index in [2.05, 4.69) is 13.2 Å². The van der Waals surface area contributed by atoms with E-state index in [1.165, 1.54) is 7.11 Å². The summed E-state index contributed by atoms with van der Waals surface area (Å²) in [5.41, 5.74) is 2.56. The molecule has 0 spiro atoms. The third-order valence-electron chi connectivity index (χ3n) is 4.77. The van der Waals surface area contributed by atoms with Gasteiger partial charge in [-0.2, -0.15) is 0 Å². The van der Waals surface area contributed by atoms with Gasteiger partial charge in [0.1, 0.15) is 23.2 Å². The van der Waals surface area contributed by atoms with Crippen molar-refractivity contribution in [2.75, 3.05) is 7.11 Å². The summed E-state index contributed by atoms with van der Waals surface area (Å²) in [7, 11) is 1.34. The predicted molar refractivity (Wildman–Crippen MR) is 96.7 cm³/mol. The SMILES string of the molecule is C=C(C)C1C=CC2=CC(OC2=O)C(C(=C)C)c2cc(C(=O)OC)c(o2)C1. The highest BCUT2D eigenvalue weighted by Crippen LogP contribution is 2.37. The Hall–Kier alpha value is -2.82. The molecular weight excluding hydrogens is 332 g/mol. The first-order valence-electron chi connectivity index (χ1n) is 8.44. The maximum absolute atomic E-state index is 12.2. The molecular formula is C21H22O5. The van der Waals surface area contributed by atoms with Crippen molar-refractivity contribution < 1.29 is 23.5 Å². The van der Waals surface area contributed by atoms with E-state index in [4.69, 9.17) is 13.9 Å². The topological polar surface area (TPSA) is 65.7 Å². The van der Waals surface area contributed by atoms with Gasteiger partial charge in [0, 0.05) is 12.3 Å². The summed E-state index contributed by atoms with van der Waals surface area (Å²) >= 11 is 0. The summed E-state index contributed by atoms with van der Waals surface area (Å²) in [6.07, 6.45) is 5.35. The Morgan fingerprint density at radius 2 is 2.00 bits per heavy atom. The number of allylic oxidation sites excluding steroid dienone is 2. The van der Waals surface area contributed by atoms with Crippen LogP contribution in [0.15, 0.2) is 58.6 Å². The summed E-state index contributed by atoms with van der Waals surface area (Å²) < 4.78 is 16.5. The largest absolute Gasteiger partial charge is 0.465 e. The molecule has 0 fully saturated rings. The number of carbonyl (C=O) groups is 2. The van der Waals surface area contributed by atoms with Crippen LogP contribution in [0.5, 0.6) is 0 Å². The van der Waals surface area contributed by atoms with Gasteiger partial charge in [-0.1, -0.05) is 36.5 Å². The average Bonchev–Trinajstić information content (AvgIpc) is 3.12. The Morgan fingerprint density at radius 1 is 1.27 bits per heavy atom. The van der Waals surface area contributed by atoms with Gasteiger partial charge in [-0.25, -0.2) is 9.59 Å². The normalized spacial score (nSPS) is 24.3. The van der Waals surface area contributed by atoms with Gasteiger partial charge in [0.05, 0.1) is 18.6 Å². The third kappa shape index (κ3) is 3.17. The second-order valence-electron chi connectivity index (χ2n) is 6.81. The summed E-state index contributed by atoms with van der Waals surface area (Å²) in [5, 5.41) is 0. The van der Waals surface area contributed by atoms with Crippen molar-refractivity contribution in [3.8, 4) is 0 Å². The van der Waals surface area contributed by atoms with Crippen LogP contribution in [0.2, 0.25) is 0 Å². The number of hydrogen-bond acceptors (Lipinski definition) is 5. The van der Waals surface area contributed by atoms with E-state index < -0.39 is 12.1 Å². The van der Waals surface area contributed by atoms with Crippen molar-refractivity contribution in [2.24, 2.45) is 5.92 Å². The maximum Gasteiger partial charge on any atom is 0.341 e. The Labute approximate surface area is 152 Å². The van der Waals surface area contributed by atoms with Gasteiger partial charge in [-0.3, -0.25) is 0 Å². The summed E-state index contributed by atoms with van der Waals surface area (Å²) in [4.78, 5) is 24.4. The van der Waals surface area contributed by atoms with Gasteiger partial charge in [-0.15, -0.1) is 0 Å². The molecule has 3 rings (SSSR count). The lowest BCUT2D eigenvalue weighted by molar-refractivity contribution is -0.139. The molecule has 1 aromatic rings. The van der Waals surface area contributed by atoms with Gasteiger partial charge >= 0.3 is 11.9 Å². The second kappa shape index (κ2) is 6.83. The number of rotatable bonds is 3. The Kier molecular flexibility index (Phi) is 4.72. The fraction of sp³-hybridized carbons (Fsp3) is 0.333. The van der Waals surface area contributed by atoms with E-state index in [-0.39, 0.29) is 17.8 Å². The average molecular weight is 354 g/mol. The molecule has 3 atom stereocenters. The lowest BCUT2D eigenvalue weighted by Gasteiger charge is -2.20. The third-order valence-corrected chi connectivity index (χ3v) is 4.77. The van der Waals surface area contributed by atoms with E-state index >= 15 is 0 Å². The van der Waals surface area contributed by atoms with Crippen molar-refractivity contribution in [1.29, 1.82) is 0 Å². The van der Waals surface area contributed by atoms with Crippen LogP contribution in [-0.2, 0) is 20.7 Å². The smallest absolute Gasteiger partial charge is 0.341 e. The van der Waals surface area contributed by atoms with Gasteiger partial charge < -0.3 is 13.9 Å².